The third-order valence-electron chi connectivity index (χ3n) is 14.4. The number of ether oxygens (including phenoxy) is 2. The fourth-order valence-electron chi connectivity index (χ4n) is 11.6. The summed E-state index contributed by atoms with van der Waals surface area (Å²) in [6.45, 7) is 8.33. The Morgan fingerprint density at radius 1 is 0.460 bits per heavy atom. The van der Waals surface area contributed by atoms with Gasteiger partial charge >= 0.3 is 0 Å². The van der Waals surface area contributed by atoms with Crippen molar-refractivity contribution in [2.45, 2.75) is 149 Å². The summed E-state index contributed by atoms with van der Waals surface area (Å²) in [4.78, 5) is 9.49. The Hall–Kier alpha value is -5.62. The van der Waals surface area contributed by atoms with Crippen LogP contribution < -0.4 is 9.47 Å². The number of aromatic hydroxyl groups is 2. The van der Waals surface area contributed by atoms with E-state index in [0.29, 0.717) is 29.7 Å². The fraction of sp³-hybridized carbons (Fsp3) is 0.404. The van der Waals surface area contributed by atoms with Crippen LogP contribution in [0.1, 0.15) is 127 Å². The molecule has 0 saturated heterocycles. The summed E-state index contributed by atoms with van der Waals surface area (Å²) in [7, 11) is 0. The van der Waals surface area contributed by atoms with Crippen molar-refractivity contribution in [2.75, 3.05) is 0 Å². The van der Waals surface area contributed by atoms with Crippen LogP contribution in [0, 0.1) is 13.8 Å². The predicted octanol–water partition coefficient (Wildman–Crippen LogP) is 13.3. The van der Waals surface area contributed by atoms with Gasteiger partial charge in [-0.05, 0) is 246 Å². The van der Waals surface area contributed by atoms with E-state index in [1.165, 1.54) is 107 Å². The number of benzene rings is 4. The Labute approximate surface area is 373 Å². The van der Waals surface area contributed by atoms with Crippen molar-refractivity contribution in [1.82, 2.24) is 9.97 Å². The highest BCUT2D eigenvalue weighted by Crippen LogP contribution is 2.49. The lowest BCUT2D eigenvalue weighted by Crippen LogP contribution is -2.23. The van der Waals surface area contributed by atoms with E-state index in [9.17, 15) is 10.2 Å². The second-order valence-electron chi connectivity index (χ2n) is 19.1. The van der Waals surface area contributed by atoms with Crippen LogP contribution in [0.15, 0.2) is 73.1 Å². The molecular formula is C57H62N2O4. The first-order valence-electron chi connectivity index (χ1n) is 24.0. The molecule has 0 aliphatic heterocycles. The van der Waals surface area contributed by atoms with Crippen LogP contribution in [0.2, 0.25) is 0 Å². The molecule has 6 aromatic rings. The van der Waals surface area contributed by atoms with Crippen molar-refractivity contribution in [3.05, 3.63) is 129 Å². The number of phenolic OH excluding ortho intramolecular Hbond substituents is 2. The van der Waals surface area contributed by atoms with Gasteiger partial charge in [0.25, 0.3) is 0 Å². The maximum Gasteiger partial charge on any atom is 0.221 e. The summed E-state index contributed by atoms with van der Waals surface area (Å²) < 4.78 is 13.3. The molecule has 0 spiro atoms. The topological polar surface area (TPSA) is 84.7 Å². The van der Waals surface area contributed by atoms with Crippen molar-refractivity contribution in [1.29, 1.82) is 0 Å². The molecule has 6 nitrogen and oxygen atoms in total. The largest absolute Gasteiger partial charge is 0.507 e. The number of hydrogen-bond acceptors (Lipinski definition) is 6. The zero-order chi connectivity index (χ0) is 43.2. The maximum atomic E-state index is 12.3. The second kappa shape index (κ2) is 17.5. The minimum atomic E-state index is -0.269. The Kier molecular flexibility index (Phi) is 11.5. The molecule has 0 saturated carbocycles. The fourth-order valence-corrected chi connectivity index (χ4v) is 11.6. The smallest absolute Gasteiger partial charge is 0.221 e. The van der Waals surface area contributed by atoms with Gasteiger partial charge in [-0.2, -0.15) is 0 Å². The SMILES string of the molecule is Cc1cc(-c2cccnc2OC(C)C[C@H](C)Oc2ncccc2-c2cc(C)cc(-c3c4c(cc5c3CCCC5)CCCC4)c2O)c(O)c(-c2c3c(cc4c2CCCC4)CCCC3)c1. The van der Waals surface area contributed by atoms with Crippen molar-refractivity contribution in [3.8, 4) is 67.8 Å². The number of aromatic nitrogens is 2. The summed E-state index contributed by atoms with van der Waals surface area (Å²) in [5, 5.41) is 24.6. The molecule has 10 rings (SSSR count). The number of aryl methyl sites for hydroxylation is 6. The lowest BCUT2D eigenvalue weighted by atomic mass is 9.76. The molecule has 0 bridgehead atoms. The summed E-state index contributed by atoms with van der Waals surface area (Å²) in [5.41, 5.74) is 21.3. The highest BCUT2D eigenvalue weighted by Gasteiger charge is 2.29. The molecule has 2 N–H and O–H groups in total. The first kappa shape index (κ1) is 41.4. The van der Waals surface area contributed by atoms with Gasteiger partial charge < -0.3 is 19.7 Å². The van der Waals surface area contributed by atoms with Gasteiger partial charge in [0.2, 0.25) is 11.8 Å². The van der Waals surface area contributed by atoms with Crippen molar-refractivity contribution in [2.24, 2.45) is 0 Å². The third kappa shape index (κ3) is 8.00. The number of phenols is 2. The molecule has 324 valence electrons. The van der Waals surface area contributed by atoms with Crippen LogP contribution in [0.3, 0.4) is 0 Å². The van der Waals surface area contributed by atoms with Gasteiger partial charge in [-0.25, -0.2) is 9.97 Å². The Morgan fingerprint density at radius 2 is 0.794 bits per heavy atom. The third-order valence-corrected chi connectivity index (χ3v) is 14.4. The Bertz CT molecular complexity index is 2460. The quantitative estimate of drug-likeness (QED) is 0.143. The average Bonchev–Trinajstić information content (AvgIpc) is 3.29. The Morgan fingerprint density at radius 3 is 1.16 bits per heavy atom. The highest BCUT2D eigenvalue weighted by atomic mass is 16.5. The standard InChI is InChI=1S/C57H62N2O4/c1-34-27-48(54(60)50(29-34)52-42-19-9-5-15-38(42)32-39-16-6-10-20-43(39)52)46-23-13-25-58-56(46)62-36(3)31-37(4)63-57-47(24-14-26-59-57)49-28-35(2)30-51(55(49)61)53-44-21-11-7-17-40(44)33-41-18-8-12-22-45(41)53/h13-14,23-30,32-33,36-37,60-61H,5-12,15-22,31H2,1-4H3/t36-,37?/m0/s1. The molecule has 2 atom stereocenters. The number of nitrogens with zero attached hydrogens (tertiary/aromatic N) is 2. The lowest BCUT2D eigenvalue weighted by Gasteiger charge is -2.29. The zero-order valence-corrected chi connectivity index (χ0v) is 37.7. The van der Waals surface area contributed by atoms with Crippen LogP contribution in [-0.2, 0) is 51.4 Å². The van der Waals surface area contributed by atoms with Crippen molar-refractivity contribution in [3.63, 3.8) is 0 Å². The molecule has 4 aliphatic carbocycles. The number of fused-ring (bicyclic) bond motifs is 4. The van der Waals surface area contributed by atoms with E-state index >= 15 is 0 Å². The normalized spacial score (nSPS) is 16.6. The molecule has 0 fully saturated rings. The monoisotopic (exact) mass is 838 g/mol. The molecule has 1 unspecified atom stereocenters. The summed E-state index contributed by atoms with van der Waals surface area (Å²) in [6.07, 6.45) is 21.9. The van der Waals surface area contributed by atoms with E-state index in [4.69, 9.17) is 19.4 Å². The molecule has 0 amide bonds. The van der Waals surface area contributed by atoms with Crippen LogP contribution in [0.5, 0.6) is 23.3 Å². The van der Waals surface area contributed by atoms with Gasteiger partial charge in [0, 0.05) is 52.2 Å². The van der Waals surface area contributed by atoms with Gasteiger partial charge in [0.15, 0.2) is 0 Å². The molecule has 0 radical (unpaired) electrons. The number of pyridine rings is 2. The summed E-state index contributed by atoms with van der Waals surface area (Å²) in [6, 6.07) is 21.3. The molecule has 4 aliphatic rings. The van der Waals surface area contributed by atoms with E-state index in [-0.39, 0.29) is 12.2 Å². The van der Waals surface area contributed by atoms with Gasteiger partial charge in [-0.15, -0.1) is 0 Å². The first-order valence-corrected chi connectivity index (χ1v) is 24.0. The molecule has 63 heavy (non-hydrogen) atoms. The molecule has 6 heteroatoms. The van der Waals surface area contributed by atoms with Crippen LogP contribution >= 0.6 is 0 Å². The number of hydrogen-bond donors (Lipinski definition) is 2. The van der Waals surface area contributed by atoms with Crippen LogP contribution in [-0.4, -0.2) is 32.4 Å². The van der Waals surface area contributed by atoms with Gasteiger partial charge in [0.05, 0.1) is 0 Å². The van der Waals surface area contributed by atoms with Gasteiger partial charge in [-0.3, -0.25) is 0 Å². The second-order valence-corrected chi connectivity index (χ2v) is 19.1. The predicted molar refractivity (Wildman–Crippen MR) is 254 cm³/mol. The minimum Gasteiger partial charge on any atom is -0.507 e. The summed E-state index contributed by atoms with van der Waals surface area (Å²) in [5.74, 6) is 1.57. The summed E-state index contributed by atoms with van der Waals surface area (Å²) >= 11 is 0. The average molecular weight is 839 g/mol. The van der Waals surface area contributed by atoms with Crippen LogP contribution in [0.4, 0.5) is 0 Å². The van der Waals surface area contributed by atoms with Crippen LogP contribution in [0.25, 0.3) is 44.5 Å². The molecule has 4 aromatic carbocycles. The molecular weight excluding hydrogens is 777 g/mol. The van der Waals surface area contributed by atoms with E-state index in [0.717, 1.165) is 95.9 Å². The Balaban J connectivity index is 0.923. The molecule has 2 aromatic heterocycles. The first-order chi connectivity index (χ1) is 30.7. The lowest BCUT2D eigenvalue weighted by molar-refractivity contribution is 0.125. The van der Waals surface area contributed by atoms with Gasteiger partial charge in [-0.1, -0.05) is 12.1 Å². The van der Waals surface area contributed by atoms with E-state index in [1.54, 1.807) is 12.4 Å². The minimum absolute atomic E-state index is 0.269. The van der Waals surface area contributed by atoms with Gasteiger partial charge in [0.1, 0.15) is 23.7 Å². The zero-order valence-electron chi connectivity index (χ0n) is 37.7. The van der Waals surface area contributed by atoms with Crippen molar-refractivity contribution < 1.29 is 19.7 Å². The van der Waals surface area contributed by atoms with E-state index < -0.39 is 0 Å². The molecule has 2 heterocycles. The number of rotatable bonds is 10. The highest BCUT2D eigenvalue weighted by molar-refractivity contribution is 5.89. The van der Waals surface area contributed by atoms with Crippen molar-refractivity contribution >= 4 is 0 Å². The maximum absolute atomic E-state index is 12.3. The van der Waals surface area contributed by atoms with E-state index in [1.807, 2.05) is 38.1 Å². The van der Waals surface area contributed by atoms with E-state index in [2.05, 4.69) is 50.2 Å².